The first-order valence-corrected chi connectivity index (χ1v) is 5.40. The van der Waals surface area contributed by atoms with E-state index >= 15 is 0 Å². The molecule has 1 rings (SSSR count). The van der Waals surface area contributed by atoms with E-state index < -0.39 is 10.1 Å². The Kier molecular flexibility index (Phi) is 2.36. The van der Waals surface area contributed by atoms with Crippen molar-refractivity contribution in [1.29, 1.82) is 0 Å². The zero-order valence-electron chi connectivity index (χ0n) is 6.44. The molecule has 0 aliphatic rings. The summed E-state index contributed by atoms with van der Waals surface area (Å²) >= 11 is 1.28. The maximum Gasteiger partial charge on any atom is 0.295 e. The van der Waals surface area contributed by atoms with Gasteiger partial charge in [0.05, 0.1) is 0 Å². The molecule has 1 aromatic heterocycles. The summed E-state index contributed by atoms with van der Waals surface area (Å²) in [6.45, 7) is 5.13. The van der Waals surface area contributed by atoms with Crippen LogP contribution in [0.5, 0.6) is 0 Å². The maximum absolute atomic E-state index is 10.6. The van der Waals surface area contributed by atoms with E-state index in [1.165, 1.54) is 11.3 Å². The summed E-state index contributed by atoms with van der Waals surface area (Å²) in [6.07, 6.45) is 0. The zero-order chi connectivity index (χ0) is 9.35. The summed E-state index contributed by atoms with van der Waals surface area (Å²) in [6, 6.07) is 3.40. The average molecular weight is 204 g/mol. The second-order valence-corrected chi connectivity index (χ2v) is 5.04. The first-order chi connectivity index (χ1) is 5.41. The number of hydrogen-bond acceptors (Lipinski definition) is 3. The summed E-state index contributed by atoms with van der Waals surface area (Å²) in [5.74, 6) is 0. The molecule has 1 N–H and O–H groups in total. The van der Waals surface area contributed by atoms with E-state index in [2.05, 4.69) is 6.58 Å². The summed E-state index contributed by atoms with van der Waals surface area (Å²) in [5, 5.41) is 0. The Morgan fingerprint density at radius 1 is 1.58 bits per heavy atom. The van der Waals surface area contributed by atoms with Crippen LogP contribution in [0.25, 0.3) is 4.91 Å². The van der Waals surface area contributed by atoms with Gasteiger partial charge in [-0.2, -0.15) is 8.42 Å². The standard InChI is InChI=1S/C7H8O3S2/c1-5-3-4-7(11-5)6(2)12(8,9)10/h3-4H,2H2,1H3,(H,8,9,10). The van der Waals surface area contributed by atoms with Gasteiger partial charge in [0.1, 0.15) is 4.91 Å². The molecular formula is C7H8O3S2. The van der Waals surface area contributed by atoms with Gasteiger partial charge in [-0.1, -0.05) is 6.58 Å². The number of thiophene rings is 1. The molecule has 0 aromatic carbocycles. The second kappa shape index (κ2) is 3.01. The third-order valence-corrected chi connectivity index (χ3v) is 3.36. The highest BCUT2D eigenvalue weighted by atomic mass is 32.2. The Hall–Kier alpha value is -0.650. The smallest absolute Gasteiger partial charge is 0.282 e. The van der Waals surface area contributed by atoms with Gasteiger partial charge in [0.15, 0.2) is 0 Å². The number of hydrogen-bond donors (Lipinski definition) is 1. The summed E-state index contributed by atoms with van der Waals surface area (Å²) in [4.78, 5) is 1.23. The molecule has 0 spiro atoms. The highest BCUT2D eigenvalue weighted by Gasteiger charge is 2.14. The van der Waals surface area contributed by atoms with Crippen LogP contribution in [0.1, 0.15) is 9.75 Å². The Labute approximate surface area is 75.1 Å². The van der Waals surface area contributed by atoms with Crippen molar-refractivity contribution in [2.45, 2.75) is 6.92 Å². The van der Waals surface area contributed by atoms with Gasteiger partial charge in [0, 0.05) is 9.75 Å². The van der Waals surface area contributed by atoms with Crippen LogP contribution in [0.4, 0.5) is 0 Å². The predicted octanol–water partition coefficient (Wildman–Crippen LogP) is 1.92. The molecule has 1 aromatic rings. The van der Waals surface area contributed by atoms with Gasteiger partial charge in [-0.3, -0.25) is 4.55 Å². The quantitative estimate of drug-likeness (QED) is 0.749. The fourth-order valence-electron chi connectivity index (χ4n) is 0.712. The van der Waals surface area contributed by atoms with Crippen molar-refractivity contribution in [3.8, 4) is 0 Å². The van der Waals surface area contributed by atoms with E-state index in [0.29, 0.717) is 4.88 Å². The van der Waals surface area contributed by atoms with Gasteiger partial charge in [-0.05, 0) is 19.1 Å². The molecule has 12 heavy (non-hydrogen) atoms. The monoisotopic (exact) mass is 204 g/mol. The maximum atomic E-state index is 10.6. The van der Waals surface area contributed by atoms with Crippen LogP contribution in [0.3, 0.4) is 0 Å². The molecule has 0 radical (unpaired) electrons. The van der Waals surface area contributed by atoms with Crippen LogP contribution in [-0.4, -0.2) is 13.0 Å². The topological polar surface area (TPSA) is 54.4 Å². The molecule has 0 aliphatic heterocycles. The molecule has 1 heterocycles. The van der Waals surface area contributed by atoms with Crippen LogP contribution in [0.2, 0.25) is 0 Å². The van der Waals surface area contributed by atoms with Crippen molar-refractivity contribution in [3.05, 3.63) is 28.5 Å². The van der Waals surface area contributed by atoms with Gasteiger partial charge < -0.3 is 0 Å². The lowest BCUT2D eigenvalue weighted by atomic mass is 10.4. The summed E-state index contributed by atoms with van der Waals surface area (Å²) in [5.41, 5.74) is 0. The minimum atomic E-state index is -4.13. The highest BCUT2D eigenvalue weighted by molar-refractivity contribution is 7.95. The summed E-state index contributed by atoms with van der Waals surface area (Å²) < 4.78 is 29.8. The molecule has 0 saturated carbocycles. The van der Waals surface area contributed by atoms with E-state index in [1.807, 2.05) is 6.92 Å². The lowest BCUT2D eigenvalue weighted by molar-refractivity contribution is 0.496. The van der Waals surface area contributed by atoms with Crippen LogP contribution in [0, 0.1) is 6.92 Å². The van der Waals surface area contributed by atoms with Gasteiger partial charge >= 0.3 is 0 Å². The molecule has 66 valence electrons. The van der Waals surface area contributed by atoms with Crippen molar-refractivity contribution in [2.24, 2.45) is 0 Å². The van der Waals surface area contributed by atoms with E-state index in [0.717, 1.165) is 4.88 Å². The molecule has 0 unspecified atom stereocenters. The molecule has 0 amide bonds. The van der Waals surface area contributed by atoms with Crippen molar-refractivity contribution >= 4 is 26.4 Å². The molecule has 0 saturated heterocycles. The highest BCUT2D eigenvalue weighted by Crippen LogP contribution is 2.25. The lowest BCUT2D eigenvalue weighted by Crippen LogP contribution is -1.97. The van der Waals surface area contributed by atoms with E-state index in [9.17, 15) is 8.42 Å². The van der Waals surface area contributed by atoms with Crippen LogP contribution in [-0.2, 0) is 10.1 Å². The van der Waals surface area contributed by atoms with Crippen molar-refractivity contribution in [2.75, 3.05) is 0 Å². The molecule has 5 heteroatoms. The average Bonchev–Trinajstić information content (AvgIpc) is 2.32. The second-order valence-electron chi connectivity index (χ2n) is 2.31. The molecule has 0 bridgehead atoms. The molecule has 0 aliphatic carbocycles. The molecular weight excluding hydrogens is 196 g/mol. The third-order valence-electron chi connectivity index (χ3n) is 1.33. The third kappa shape index (κ3) is 1.94. The van der Waals surface area contributed by atoms with Gasteiger partial charge in [-0.15, -0.1) is 11.3 Å². The van der Waals surface area contributed by atoms with E-state index in [4.69, 9.17) is 4.55 Å². The fourth-order valence-corrected chi connectivity index (χ4v) is 2.21. The minimum absolute atomic E-state index is 0.236. The lowest BCUT2D eigenvalue weighted by Gasteiger charge is -1.95. The van der Waals surface area contributed by atoms with Gasteiger partial charge in [-0.25, -0.2) is 0 Å². The molecule has 3 nitrogen and oxygen atoms in total. The molecule has 0 fully saturated rings. The first kappa shape index (κ1) is 9.44. The number of aryl methyl sites for hydroxylation is 1. The zero-order valence-corrected chi connectivity index (χ0v) is 8.08. The largest absolute Gasteiger partial charge is 0.295 e. The van der Waals surface area contributed by atoms with Crippen molar-refractivity contribution in [1.82, 2.24) is 0 Å². The Bertz CT molecular complexity index is 400. The summed E-state index contributed by atoms with van der Waals surface area (Å²) in [7, 11) is -4.13. The first-order valence-electron chi connectivity index (χ1n) is 3.14. The minimum Gasteiger partial charge on any atom is -0.282 e. The van der Waals surface area contributed by atoms with Crippen LogP contribution in [0.15, 0.2) is 18.7 Å². The predicted molar refractivity (Wildman–Crippen MR) is 49.6 cm³/mol. The number of rotatable bonds is 2. The Morgan fingerprint density at radius 3 is 2.50 bits per heavy atom. The van der Waals surface area contributed by atoms with Crippen LogP contribution >= 0.6 is 11.3 Å². The van der Waals surface area contributed by atoms with Gasteiger partial charge in [0.25, 0.3) is 10.1 Å². The van der Waals surface area contributed by atoms with Crippen LogP contribution < -0.4 is 0 Å². The Morgan fingerprint density at radius 2 is 2.17 bits per heavy atom. The Balaban J connectivity index is 3.10. The van der Waals surface area contributed by atoms with E-state index in [1.54, 1.807) is 12.1 Å². The van der Waals surface area contributed by atoms with E-state index in [-0.39, 0.29) is 4.91 Å². The SMILES string of the molecule is C=C(c1ccc(C)s1)S(=O)(=O)O. The molecule has 0 atom stereocenters. The fraction of sp³-hybridized carbons (Fsp3) is 0.143. The normalized spacial score (nSPS) is 11.5. The van der Waals surface area contributed by atoms with Crippen molar-refractivity contribution < 1.29 is 13.0 Å². The van der Waals surface area contributed by atoms with Gasteiger partial charge in [0.2, 0.25) is 0 Å². The van der Waals surface area contributed by atoms with Crippen molar-refractivity contribution in [3.63, 3.8) is 0 Å².